The van der Waals surface area contributed by atoms with Gasteiger partial charge in [0, 0.05) is 18.9 Å². The highest BCUT2D eigenvalue weighted by atomic mass is 32.1. The molecular weight excluding hydrogens is 292 g/mol. The molecule has 1 amide bonds. The second-order valence-corrected chi connectivity index (χ2v) is 5.14. The summed E-state index contributed by atoms with van der Waals surface area (Å²) in [6.07, 6.45) is 3.35. The minimum absolute atomic E-state index is 0.0352. The molecule has 0 aromatic carbocycles. The van der Waals surface area contributed by atoms with Crippen LogP contribution < -0.4 is 16.8 Å². The number of ether oxygens (including phenoxy) is 1. The first-order chi connectivity index (χ1) is 10.0. The van der Waals surface area contributed by atoms with Gasteiger partial charge in [-0.1, -0.05) is 6.07 Å². The molecule has 7 nitrogen and oxygen atoms in total. The normalized spacial score (nSPS) is 10.1. The lowest BCUT2D eigenvalue weighted by molar-refractivity contribution is 0.0607. The van der Waals surface area contributed by atoms with Gasteiger partial charge in [0.05, 0.1) is 18.4 Å². The van der Waals surface area contributed by atoms with Crippen molar-refractivity contribution >= 4 is 33.9 Å². The zero-order chi connectivity index (χ0) is 15.4. The number of nitrogens with two attached hydrogens (primary N) is 2. The summed E-state index contributed by atoms with van der Waals surface area (Å²) in [6, 6.07) is 3.68. The summed E-state index contributed by atoms with van der Waals surface area (Å²) in [5.74, 6) is -1.30. The Morgan fingerprint density at radius 3 is 2.81 bits per heavy atom. The number of rotatable bonds is 5. The number of nitrogen functional groups attached to an aromatic ring is 1. The molecule has 2 aromatic rings. The van der Waals surface area contributed by atoms with Crippen molar-refractivity contribution in [2.45, 2.75) is 6.54 Å². The lowest BCUT2D eigenvalue weighted by Crippen LogP contribution is -2.15. The summed E-state index contributed by atoms with van der Waals surface area (Å²) < 4.78 is 4.63. The van der Waals surface area contributed by atoms with Crippen LogP contribution in [0.4, 0.5) is 10.7 Å². The summed E-state index contributed by atoms with van der Waals surface area (Å²) in [6.45, 7) is 0.425. The van der Waals surface area contributed by atoms with Crippen LogP contribution in [0.1, 0.15) is 25.6 Å². The minimum Gasteiger partial charge on any atom is -0.465 e. The van der Waals surface area contributed by atoms with Gasteiger partial charge in [0.2, 0.25) is 0 Å². The third kappa shape index (κ3) is 3.11. The first-order valence-electron chi connectivity index (χ1n) is 5.97. The van der Waals surface area contributed by atoms with Crippen molar-refractivity contribution in [1.82, 2.24) is 4.98 Å². The Labute approximate surface area is 124 Å². The third-order valence-electron chi connectivity index (χ3n) is 2.74. The summed E-state index contributed by atoms with van der Waals surface area (Å²) in [4.78, 5) is 27.3. The molecule has 2 heterocycles. The molecular formula is C13H14N4O3S. The molecule has 0 aliphatic rings. The number of nitrogens with one attached hydrogen (secondary N) is 1. The second kappa shape index (κ2) is 6.23. The zero-order valence-corrected chi connectivity index (χ0v) is 12.1. The monoisotopic (exact) mass is 306 g/mol. The highest BCUT2D eigenvalue weighted by molar-refractivity contribution is 7.19. The van der Waals surface area contributed by atoms with Crippen molar-refractivity contribution in [3.8, 4) is 0 Å². The molecule has 0 saturated heterocycles. The van der Waals surface area contributed by atoms with Crippen LogP contribution in [0.25, 0.3) is 0 Å². The third-order valence-corrected chi connectivity index (χ3v) is 3.88. The summed E-state index contributed by atoms with van der Waals surface area (Å²) in [5.41, 5.74) is 12.2. The molecule has 0 bridgehead atoms. The number of thiophene rings is 1. The lowest BCUT2D eigenvalue weighted by atomic mass is 10.2. The van der Waals surface area contributed by atoms with Crippen LogP contribution in [-0.4, -0.2) is 24.0 Å². The van der Waals surface area contributed by atoms with Gasteiger partial charge in [-0.15, -0.1) is 11.3 Å². The van der Waals surface area contributed by atoms with Crippen molar-refractivity contribution in [2.24, 2.45) is 5.73 Å². The molecule has 0 spiro atoms. The average molecular weight is 306 g/mol. The molecule has 110 valence electrons. The van der Waals surface area contributed by atoms with Gasteiger partial charge in [0.25, 0.3) is 5.91 Å². The molecule has 5 N–H and O–H groups in total. The predicted molar refractivity (Wildman–Crippen MR) is 80.2 cm³/mol. The Morgan fingerprint density at radius 1 is 1.48 bits per heavy atom. The first kappa shape index (κ1) is 14.8. The van der Waals surface area contributed by atoms with Gasteiger partial charge in [0.1, 0.15) is 9.88 Å². The van der Waals surface area contributed by atoms with Gasteiger partial charge in [-0.05, 0) is 11.6 Å². The number of aromatic nitrogens is 1. The van der Waals surface area contributed by atoms with Crippen molar-refractivity contribution in [3.05, 3.63) is 40.5 Å². The van der Waals surface area contributed by atoms with E-state index in [2.05, 4.69) is 15.0 Å². The number of hydrogen-bond acceptors (Lipinski definition) is 7. The molecule has 0 unspecified atom stereocenters. The molecule has 0 aliphatic heterocycles. The van der Waals surface area contributed by atoms with Crippen molar-refractivity contribution in [2.75, 3.05) is 18.2 Å². The smallest absolute Gasteiger partial charge is 0.350 e. The van der Waals surface area contributed by atoms with Gasteiger partial charge < -0.3 is 21.5 Å². The standard InChI is InChI=1S/C13H14N4O3S/c1-20-13(19)10-9(14)8(11(15)18)12(21-10)17-6-7-3-2-4-16-5-7/h2-5,17H,6,14H2,1H3,(H2,15,18). The van der Waals surface area contributed by atoms with E-state index < -0.39 is 11.9 Å². The Bertz CT molecular complexity index is 670. The SMILES string of the molecule is COC(=O)c1sc(NCc2cccnc2)c(C(N)=O)c1N. The van der Waals surface area contributed by atoms with E-state index in [4.69, 9.17) is 11.5 Å². The molecule has 0 aliphatic carbocycles. The van der Waals surface area contributed by atoms with Crippen LogP contribution in [-0.2, 0) is 11.3 Å². The number of pyridine rings is 1. The quantitative estimate of drug-likeness (QED) is 0.714. The maximum absolute atomic E-state index is 11.6. The average Bonchev–Trinajstić information content (AvgIpc) is 2.82. The number of amides is 1. The minimum atomic E-state index is -0.701. The maximum Gasteiger partial charge on any atom is 0.350 e. The molecule has 0 atom stereocenters. The summed E-state index contributed by atoms with van der Waals surface area (Å²) in [5, 5.41) is 3.48. The molecule has 2 aromatic heterocycles. The fourth-order valence-electron chi connectivity index (χ4n) is 1.74. The van der Waals surface area contributed by atoms with Crippen molar-refractivity contribution < 1.29 is 14.3 Å². The fraction of sp³-hybridized carbons (Fsp3) is 0.154. The first-order valence-corrected chi connectivity index (χ1v) is 6.79. The van der Waals surface area contributed by atoms with Crippen LogP contribution in [0.2, 0.25) is 0 Å². The molecule has 2 rings (SSSR count). The highest BCUT2D eigenvalue weighted by Gasteiger charge is 2.24. The van der Waals surface area contributed by atoms with Crippen molar-refractivity contribution in [1.29, 1.82) is 0 Å². The van der Waals surface area contributed by atoms with E-state index in [9.17, 15) is 9.59 Å². The Hall–Kier alpha value is -2.61. The number of nitrogens with zero attached hydrogens (tertiary/aromatic N) is 1. The second-order valence-electron chi connectivity index (χ2n) is 4.12. The largest absolute Gasteiger partial charge is 0.465 e. The number of primary amides is 1. The van der Waals surface area contributed by atoms with Crippen LogP contribution in [0.5, 0.6) is 0 Å². The topological polar surface area (TPSA) is 120 Å². The zero-order valence-electron chi connectivity index (χ0n) is 11.3. The van der Waals surface area contributed by atoms with Gasteiger partial charge >= 0.3 is 5.97 Å². The van der Waals surface area contributed by atoms with E-state index >= 15 is 0 Å². The predicted octanol–water partition coefficient (Wildman–Crippen LogP) is 1.22. The van der Waals surface area contributed by atoms with E-state index in [0.717, 1.165) is 16.9 Å². The maximum atomic E-state index is 11.6. The van der Waals surface area contributed by atoms with Gasteiger partial charge in [-0.25, -0.2) is 4.79 Å². The highest BCUT2D eigenvalue weighted by Crippen LogP contribution is 2.36. The molecule has 8 heteroatoms. The van der Waals surface area contributed by atoms with E-state index in [1.54, 1.807) is 18.5 Å². The van der Waals surface area contributed by atoms with Crippen LogP contribution in [0.3, 0.4) is 0 Å². The molecule has 21 heavy (non-hydrogen) atoms. The summed E-state index contributed by atoms with van der Waals surface area (Å²) >= 11 is 1.03. The fourth-order valence-corrected chi connectivity index (χ4v) is 2.78. The number of carbonyl (C=O) groups excluding carboxylic acids is 2. The Balaban J connectivity index is 2.30. The Morgan fingerprint density at radius 2 is 2.24 bits per heavy atom. The van der Waals surface area contributed by atoms with Crippen molar-refractivity contribution in [3.63, 3.8) is 0 Å². The van der Waals surface area contributed by atoms with Crippen LogP contribution in [0, 0.1) is 0 Å². The lowest BCUT2D eigenvalue weighted by Gasteiger charge is -2.05. The summed E-state index contributed by atoms with van der Waals surface area (Å²) in [7, 11) is 1.24. The Kier molecular flexibility index (Phi) is 4.39. The van der Waals surface area contributed by atoms with Crippen LogP contribution >= 0.6 is 11.3 Å². The number of carbonyl (C=O) groups is 2. The number of methoxy groups -OCH3 is 1. The molecule has 0 saturated carbocycles. The van der Waals surface area contributed by atoms with Gasteiger partial charge in [0.15, 0.2) is 0 Å². The van der Waals surface area contributed by atoms with E-state index in [1.165, 1.54) is 7.11 Å². The van der Waals surface area contributed by atoms with E-state index in [-0.39, 0.29) is 16.1 Å². The number of esters is 1. The van der Waals surface area contributed by atoms with E-state index in [0.29, 0.717) is 11.5 Å². The number of anilines is 2. The molecule has 0 fully saturated rings. The van der Waals surface area contributed by atoms with Crippen LogP contribution in [0.15, 0.2) is 24.5 Å². The van der Waals surface area contributed by atoms with Gasteiger partial charge in [-0.2, -0.15) is 0 Å². The number of hydrogen-bond donors (Lipinski definition) is 3. The van der Waals surface area contributed by atoms with E-state index in [1.807, 2.05) is 6.07 Å². The molecule has 0 radical (unpaired) electrons. The van der Waals surface area contributed by atoms with Gasteiger partial charge in [-0.3, -0.25) is 9.78 Å².